The second-order valence-electron chi connectivity index (χ2n) is 5.18. The molecule has 0 atom stereocenters. The van der Waals surface area contributed by atoms with Gasteiger partial charge in [-0.15, -0.1) is 10.2 Å². The first-order valence-corrected chi connectivity index (χ1v) is 10.2. The number of nitrogens with zero attached hydrogens (tertiary/aromatic N) is 3. The Morgan fingerprint density at radius 3 is 2.81 bits per heavy atom. The van der Waals surface area contributed by atoms with Crippen molar-refractivity contribution in [2.75, 3.05) is 11.1 Å². The van der Waals surface area contributed by atoms with E-state index in [9.17, 15) is 4.79 Å². The van der Waals surface area contributed by atoms with Gasteiger partial charge in [-0.25, -0.2) is 4.98 Å². The number of halogens is 1. The summed E-state index contributed by atoms with van der Waals surface area (Å²) in [5.41, 5.74) is 1.68. The van der Waals surface area contributed by atoms with E-state index in [0.717, 1.165) is 20.3 Å². The van der Waals surface area contributed by atoms with Crippen LogP contribution >= 0.6 is 39.0 Å². The van der Waals surface area contributed by atoms with Crippen LogP contribution in [-0.4, -0.2) is 26.8 Å². The summed E-state index contributed by atoms with van der Waals surface area (Å²) in [6.45, 7) is 0. The zero-order chi connectivity index (χ0) is 17.9. The van der Waals surface area contributed by atoms with Crippen molar-refractivity contribution in [3.63, 3.8) is 0 Å². The number of carbonyl (C=O) groups excluding carboxylic acids is 1. The molecule has 2 heterocycles. The molecule has 2 aromatic heterocycles. The molecule has 4 rings (SSSR count). The highest BCUT2D eigenvalue weighted by atomic mass is 79.9. The van der Waals surface area contributed by atoms with Crippen LogP contribution in [0.5, 0.6) is 0 Å². The van der Waals surface area contributed by atoms with Gasteiger partial charge in [0.2, 0.25) is 11.8 Å². The van der Waals surface area contributed by atoms with Gasteiger partial charge < -0.3 is 9.73 Å². The number of para-hydroxylation sites is 1. The maximum atomic E-state index is 12.1. The van der Waals surface area contributed by atoms with Crippen molar-refractivity contribution in [1.82, 2.24) is 15.2 Å². The molecular formula is C17H11BrN4O2S2. The van der Waals surface area contributed by atoms with Crippen LogP contribution in [0.2, 0.25) is 0 Å². The first-order valence-electron chi connectivity index (χ1n) is 7.56. The Balaban J connectivity index is 1.38. The minimum atomic E-state index is -0.172. The Labute approximate surface area is 165 Å². The number of nitrogens with one attached hydrogen (secondary N) is 1. The van der Waals surface area contributed by atoms with Gasteiger partial charge in [-0.3, -0.25) is 4.79 Å². The maximum Gasteiger partial charge on any atom is 0.277 e. The minimum Gasteiger partial charge on any atom is -0.411 e. The minimum absolute atomic E-state index is 0.160. The second kappa shape index (κ2) is 7.56. The van der Waals surface area contributed by atoms with Crippen molar-refractivity contribution in [3.8, 4) is 11.5 Å². The van der Waals surface area contributed by atoms with Crippen LogP contribution in [0.15, 0.2) is 62.6 Å². The monoisotopic (exact) mass is 446 g/mol. The number of rotatable bonds is 5. The third-order valence-corrected chi connectivity index (χ3v) is 5.84. The third kappa shape index (κ3) is 3.79. The van der Waals surface area contributed by atoms with Gasteiger partial charge in [0, 0.05) is 4.47 Å². The van der Waals surface area contributed by atoms with Crippen LogP contribution in [0, 0.1) is 0 Å². The summed E-state index contributed by atoms with van der Waals surface area (Å²) >= 11 is 6.08. The average Bonchev–Trinajstić information content (AvgIpc) is 3.26. The molecule has 0 aliphatic heterocycles. The first-order chi connectivity index (χ1) is 12.7. The zero-order valence-electron chi connectivity index (χ0n) is 13.2. The molecule has 9 heteroatoms. The fraction of sp³-hybridized carbons (Fsp3) is 0.0588. The molecule has 0 radical (unpaired) electrons. The molecule has 0 saturated heterocycles. The topological polar surface area (TPSA) is 80.9 Å². The third-order valence-electron chi connectivity index (χ3n) is 3.38. The predicted octanol–water partition coefficient (Wildman–Crippen LogP) is 4.84. The number of benzene rings is 2. The Morgan fingerprint density at radius 2 is 1.96 bits per heavy atom. The van der Waals surface area contributed by atoms with Crippen LogP contribution in [0.4, 0.5) is 5.13 Å². The van der Waals surface area contributed by atoms with Gasteiger partial charge in [-0.05, 0) is 40.2 Å². The van der Waals surface area contributed by atoms with Gasteiger partial charge in [0.15, 0.2) is 5.13 Å². The van der Waals surface area contributed by atoms with Crippen LogP contribution in [0.1, 0.15) is 0 Å². The molecule has 1 amide bonds. The number of anilines is 1. The number of carbonyl (C=O) groups is 1. The summed E-state index contributed by atoms with van der Waals surface area (Å²) in [6.07, 6.45) is 0. The molecule has 0 fully saturated rings. The lowest BCUT2D eigenvalue weighted by atomic mass is 10.2. The van der Waals surface area contributed by atoms with Gasteiger partial charge in [0.1, 0.15) is 0 Å². The molecule has 4 aromatic rings. The molecule has 6 nitrogen and oxygen atoms in total. The van der Waals surface area contributed by atoms with E-state index >= 15 is 0 Å². The summed E-state index contributed by atoms with van der Waals surface area (Å²) in [5, 5.41) is 11.7. The summed E-state index contributed by atoms with van der Waals surface area (Å²) in [4.78, 5) is 16.5. The SMILES string of the molecule is O=C(CSc1nnc(-c2ccccc2Br)o1)Nc1nc2ccccc2s1. The normalized spacial score (nSPS) is 11.0. The molecule has 0 aliphatic rings. The van der Waals surface area contributed by atoms with Crippen LogP contribution < -0.4 is 5.32 Å². The Kier molecular flexibility index (Phi) is 5.00. The summed E-state index contributed by atoms with van der Waals surface area (Å²) < 4.78 is 7.52. The number of hydrogen-bond donors (Lipinski definition) is 1. The zero-order valence-corrected chi connectivity index (χ0v) is 16.4. The molecule has 0 spiro atoms. The molecule has 0 unspecified atom stereocenters. The number of fused-ring (bicyclic) bond motifs is 1. The van der Waals surface area contributed by atoms with Gasteiger partial charge in [0.25, 0.3) is 5.22 Å². The highest BCUT2D eigenvalue weighted by Crippen LogP contribution is 2.29. The van der Waals surface area contributed by atoms with E-state index in [1.54, 1.807) is 0 Å². The van der Waals surface area contributed by atoms with Crippen molar-refractivity contribution >= 4 is 60.3 Å². The van der Waals surface area contributed by atoms with Crippen LogP contribution in [0.3, 0.4) is 0 Å². The molecule has 130 valence electrons. The first kappa shape index (κ1) is 17.2. The molecule has 0 bridgehead atoms. The van der Waals surface area contributed by atoms with Crippen molar-refractivity contribution in [2.24, 2.45) is 0 Å². The maximum absolute atomic E-state index is 12.1. The van der Waals surface area contributed by atoms with Crippen molar-refractivity contribution in [2.45, 2.75) is 5.22 Å². The quantitative estimate of drug-likeness (QED) is 0.441. The number of thiazole rings is 1. The summed E-state index contributed by atoms with van der Waals surface area (Å²) in [7, 11) is 0. The Morgan fingerprint density at radius 1 is 1.15 bits per heavy atom. The van der Waals surface area contributed by atoms with Crippen LogP contribution in [0.25, 0.3) is 21.7 Å². The van der Waals surface area contributed by atoms with Gasteiger partial charge in [0.05, 0.1) is 21.5 Å². The Bertz CT molecular complexity index is 1050. The number of amides is 1. The van der Waals surface area contributed by atoms with Gasteiger partial charge in [-0.1, -0.05) is 47.4 Å². The largest absolute Gasteiger partial charge is 0.411 e. The molecule has 1 N–H and O–H groups in total. The lowest BCUT2D eigenvalue weighted by Crippen LogP contribution is -2.13. The number of hydrogen-bond acceptors (Lipinski definition) is 7. The average molecular weight is 447 g/mol. The fourth-order valence-corrected chi connectivity index (χ4v) is 4.12. The Hall–Kier alpha value is -2.23. The number of thioether (sulfide) groups is 1. The van der Waals surface area contributed by atoms with E-state index in [1.165, 1.54) is 23.1 Å². The van der Waals surface area contributed by atoms with Crippen molar-refractivity contribution in [3.05, 3.63) is 53.0 Å². The fourth-order valence-electron chi connectivity index (χ4n) is 2.22. The van der Waals surface area contributed by atoms with Gasteiger partial charge in [-0.2, -0.15) is 0 Å². The summed E-state index contributed by atoms with van der Waals surface area (Å²) in [5.74, 6) is 0.398. The van der Waals surface area contributed by atoms with E-state index in [1.807, 2.05) is 48.5 Å². The molecule has 0 saturated carbocycles. The molecule has 26 heavy (non-hydrogen) atoms. The highest BCUT2D eigenvalue weighted by Gasteiger charge is 2.14. The standard InChI is InChI=1S/C17H11BrN4O2S2/c18-11-6-2-1-5-10(11)15-21-22-17(24-15)25-9-14(23)20-16-19-12-7-3-4-8-13(12)26-16/h1-8H,9H2,(H,19,20,23). The van der Waals surface area contributed by atoms with E-state index in [-0.39, 0.29) is 11.7 Å². The van der Waals surface area contributed by atoms with E-state index in [2.05, 4.69) is 36.4 Å². The van der Waals surface area contributed by atoms with Crippen LogP contribution in [-0.2, 0) is 4.79 Å². The molecule has 2 aromatic carbocycles. The lowest BCUT2D eigenvalue weighted by molar-refractivity contribution is -0.113. The smallest absolute Gasteiger partial charge is 0.277 e. The second-order valence-corrected chi connectivity index (χ2v) is 7.99. The number of aromatic nitrogens is 3. The van der Waals surface area contributed by atoms with Crippen molar-refractivity contribution in [1.29, 1.82) is 0 Å². The highest BCUT2D eigenvalue weighted by molar-refractivity contribution is 9.10. The lowest BCUT2D eigenvalue weighted by Gasteiger charge is -1.99. The van der Waals surface area contributed by atoms with Gasteiger partial charge >= 0.3 is 0 Å². The predicted molar refractivity (Wildman–Crippen MR) is 106 cm³/mol. The van der Waals surface area contributed by atoms with E-state index in [4.69, 9.17) is 4.42 Å². The molecular weight excluding hydrogens is 436 g/mol. The van der Waals surface area contributed by atoms with E-state index < -0.39 is 0 Å². The van der Waals surface area contributed by atoms with Crippen molar-refractivity contribution < 1.29 is 9.21 Å². The summed E-state index contributed by atoms with van der Waals surface area (Å²) in [6, 6.07) is 15.3. The van der Waals surface area contributed by atoms with E-state index in [0.29, 0.717) is 16.2 Å². The molecule has 0 aliphatic carbocycles.